The number of benzene rings is 1. The Morgan fingerprint density at radius 1 is 1.25 bits per heavy atom. The molecule has 1 aromatic carbocycles. The third kappa shape index (κ3) is 5.76. The molecule has 0 spiro atoms. The molecule has 172 valence electrons. The first kappa shape index (κ1) is 24.4. The van der Waals surface area contributed by atoms with Gasteiger partial charge in [0.1, 0.15) is 16.5 Å². The first-order valence-electron chi connectivity index (χ1n) is 10.4. The summed E-state index contributed by atoms with van der Waals surface area (Å²) < 4.78 is 14.2. The van der Waals surface area contributed by atoms with E-state index in [4.69, 9.17) is 0 Å². The van der Waals surface area contributed by atoms with Gasteiger partial charge in [-0.05, 0) is 46.5 Å². The molecule has 0 bridgehead atoms. The number of aromatic nitrogens is 2. The third-order valence-electron chi connectivity index (χ3n) is 5.35. The van der Waals surface area contributed by atoms with Crippen molar-refractivity contribution in [3.8, 4) is 0 Å². The van der Waals surface area contributed by atoms with Crippen molar-refractivity contribution in [1.29, 1.82) is 0 Å². The van der Waals surface area contributed by atoms with E-state index >= 15 is 0 Å². The second-order valence-corrected chi connectivity index (χ2v) is 10.6. The van der Waals surface area contributed by atoms with Crippen molar-refractivity contribution in [2.45, 2.75) is 38.3 Å². The first-order chi connectivity index (χ1) is 15.2. The van der Waals surface area contributed by atoms with Crippen LogP contribution in [0.2, 0.25) is 0 Å². The lowest BCUT2D eigenvalue weighted by molar-refractivity contribution is -0.131. The Labute approximate surface area is 195 Å². The van der Waals surface area contributed by atoms with Crippen LogP contribution in [0.4, 0.5) is 4.39 Å². The SMILES string of the molecule is Cc1sc2nc(CSC(C)C(=O)N(CCN(C)C)Cc3ccccc3F)[nH]c(=O)c2c1C. The highest BCUT2D eigenvalue weighted by atomic mass is 32.2. The maximum Gasteiger partial charge on any atom is 0.259 e. The molecule has 1 N–H and O–H groups in total. The van der Waals surface area contributed by atoms with Crippen LogP contribution in [0, 0.1) is 19.7 Å². The Bertz CT molecular complexity index is 1160. The van der Waals surface area contributed by atoms with Crippen LogP contribution in [0.25, 0.3) is 10.2 Å². The van der Waals surface area contributed by atoms with Crippen molar-refractivity contribution in [3.05, 3.63) is 62.3 Å². The van der Waals surface area contributed by atoms with Gasteiger partial charge in [0.15, 0.2) is 0 Å². The number of carbonyl (C=O) groups excluding carboxylic acids is 1. The maximum atomic E-state index is 14.2. The molecule has 0 saturated carbocycles. The molecule has 0 radical (unpaired) electrons. The van der Waals surface area contributed by atoms with Crippen molar-refractivity contribution in [1.82, 2.24) is 19.8 Å². The van der Waals surface area contributed by atoms with E-state index in [1.54, 1.807) is 23.1 Å². The summed E-state index contributed by atoms with van der Waals surface area (Å²) in [6.07, 6.45) is 0. The summed E-state index contributed by atoms with van der Waals surface area (Å²) in [5.74, 6) is 0.593. The van der Waals surface area contributed by atoms with Gasteiger partial charge in [-0.3, -0.25) is 9.59 Å². The highest BCUT2D eigenvalue weighted by Crippen LogP contribution is 2.27. The van der Waals surface area contributed by atoms with Crippen LogP contribution < -0.4 is 5.56 Å². The van der Waals surface area contributed by atoms with Gasteiger partial charge >= 0.3 is 0 Å². The monoisotopic (exact) mass is 476 g/mol. The van der Waals surface area contributed by atoms with Gasteiger partial charge in [0.25, 0.3) is 5.56 Å². The van der Waals surface area contributed by atoms with E-state index in [0.717, 1.165) is 15.3 Å². The van der Waals surface area contributed by atoms with Gasteiger partial charge in [-0.2, -0.15) is 0 Å². The Kier molecular flexibility index (Phi) is 8.08. The maximum absolute atomic E-state index is 14.2. The summed E-state index contributed by atoms with van der Waals surface area (Å²) in [7, 11) is 3.88. The lowest BCUT2D eigenvalue weighted by Crippen LogP contribution is -2.40. The van der Waals surface area contributed by atoms with Crippen molar-refractivity contribution < 1.29 is 9.18 Å². The summed E-state index contributed by atoms with van der Waals surface area (Å²) in [4.78, 5) is 38.6. The topological polar surface area (TPSA) is 69.3 Å². The molecule has 6 nitrogen and oxygen atoms in total. The zero-order valence-corrected chi connectivity index (χ0v) is 20.7. The minimum atomic E-state index is -0.364. The highest BCUT2D eigenvalue weighted by molar-refractivity contribution is 7.99. The van der Waals surface area contributed by atoms with Crippen LogP contribution in [-0.2, 0) is 17.1 Å². The van der Waals surface area contributed by atoms with Crippen LogP contribution in [0.3, 0.4) is 0 Å². The van der Waals surface area contributed by atoms with Gasteiger partial charge in [0.2, 0.25) is 5.91 Å². The number of halogens is 1. The standard InChI is InChI=1S/C23H29FN4O2S2/c1-14-15(2)32-22-20(14)21(29)25-19(26-22)13-31-16(3)23(30)28(11-10-27(4)5)12-17-8-6-7-9-18(17)24/h6-9,16H,10-13H2,1-5H3,(H,25,26,29). The van der Waals surface area contributed by atoms with Crippen molar-refractivity contribution in [2.24, 2.45) is 0 Å². The molecule has 0 aliphatic heterocycles. The molecule has 32 heavy (non-hydrogen) atoms. The van der Waals surface area contributed by atoms with E-state index < -0.39 is 0 Å². The van der Waals surface area contributed by atoms with Gasteiger partial charge in [-0.15, -0.1) is 23.1 Å². The quantitative estimate of drug-likeness (QED) is 0.506. The first-order valence-corrected chi connectivity index (χ1v) is 12.3. The number of fused-ring (bicyclic) bond motifs is 1. The number of rotatable bonds is 9. The number of aromatic amines is 1. The predicted octanol–water partition coefficient (Wildman–Crippen LogP) is 3.95. The lowest BCUT2D eigenvalue weighted by Gasteiger charge is -2.27. The number of carbonyl (C=O) groups is 1. The van der Waals surface area contributed by atoms with Gasteiger partial charge in [-0.25, -0.2) is 9.37 Å². The molecule has 0 fully saturated rings. The largest absolute Gasteiger partial charge is 0.336 e. The molecule has 3 aromatic rings. The molecule has 0 aliphatic rings. The van der Waals surface area contributed by atoms with Gasteiger partial charge in [0.05, 0.1) is 16.4 Å². The van der Waals surface area contributed by atoms with Crippen LogP contribution in [0.5, 0.6) is 0 Å². The Balaban J connectivity index is 1.71. The molecule has 9 heteroatoms. The van der Waals surface area contributed by atoms with E-state index in [1.165, 1.54) is 29.2 Å². The molecule has 0 saturated heterocycles. The van der Waals surface area contributed by atoms with Crippen LogP contribution in [0.15, 0.2) is 29.1 Å². The molecule has 0 aliphatic carbocycles. The van der Waals surface area contributed by atoms with Crippen molar-refractivity contribution >= 4 is 39.2 Å². The number of likely N-dealkylation sites (N-methyl/N-ethyl adjacent to an activating group) is 1. The second-order valence-electron chi connectivity index (χ2n) is 8.08. The van der Waals surface area contributed by atoms with E-state index in [0.29, 0.717) is 35.6 Å². The normalized spacial score (nSPS) is 12.5. The number of nitrogens with one attached hydrogen (secondary N) is 1. The number of H-pyrrole nitrogens is 1. The van der Waals surface area contributed by atoms with Gasteiger partial charge < -0.3 is 14.8 Å². The third-order valence-corrected chi connectivity index (χ3v) is 7.60. The number of thiophene rings is 1. The smallest absolute Gasteiger partial charge is 0.259 e. The number of hydrogen-bond acceptors (Lipinski definition) is 6. The summed E-state index contributed by atoms with van der Waals surface area (Å²) >= 11 is 2.93. The van der Waals surface area contributed by atoms with Gasteiger partial charge in [0, 0.05) is 30.1 Å². The zero-order valence-electron chi connectivity index (χ0n) is 19.1. The minimum absolute atomic E-state index is 0.0636. The summed E-state index contributed by atoms with van der Waals surface area (Å²) in [6.45, 7) is 7.15. The van der Waals surface area contributed by atoms with E-state index in [9.17, 15) is 14.0 Å². The molecule has 1 unspecified atom stereocenters. The van der Waals surface area contributed by atoms with Crippen molar-refractivity contribution in [3.63, 3.8) is 0 Å². The summed E-state index contributed by atoms with van der Waals surface area (Å²) in [6, 6.07) is 6.54. The fraction of sp³-hybridized carbons (Fsp3) is 0.435. The fourth-order valence-corrected chi connectivity index (χ4v) is 5.21. The van der Waals surface area contributed by atoms with Crippen LogP contribution in [0.1, 0.15) is 28.8 Å². The molecule has 1 atom stereocenters. The van der Waals surface area contributed by atoms with E-state index in [2.05, 4.69) is 9.97 Å². The summed E-state index contributed by atoms with van der Waals surface area (Å²) in [5.41, 5.74) is 1.32. The number of nitrogens with zero attached hydrogens (tertiary/aromatic N) is 3. The Morgan fingerprint density at radius 2 is 1.97 bits per heavy atom. The lowest BCUT2D eigenvalue weighted by atomic mass is 10.2. The fourth-order valence-electron chi connectivity index (χ4n) is 3.32. The van der Waals surface area contributed by atoms with E-state index in [1.807, 2.05) is 39.8 Å². The number of thioether (sulfide) groups is 1. The number of hydrogen-bond donors (Lipinski definition) is 1. The van der Waals surface area contributed by atoms with E-state index in [-0.39, 0.29) is 29.1 Å². The highest BCUT2D eigenvalue weighted by Gasteiger charge is 2.23. The second kappa shape index (κ2) is 10.6. The molecular weight excluding hydrogens is 447 g/mol. The molecular formula is C23H29FN4O2S2. The zero-order chi connectivity index (χ0) is 23.4. The van der Waals surface area contributed by atoms with Gasteiger partial charge in [-0.1, -0.05) is 18.2 Å². The van der Waals surface area contributed by atoms with Crippen LogP contribution in [-0.4, -0.2) is 58.1 Å². The number of amides is 1. The predicted molar refractivity (Wildman–Crippen MR) is 131 cm³/mol. The minimum Gasteiger partial charge on any atom is -0.336 e. The molecule has 2 aromatic heterocycles. The average Bonchev–Trinajstić information content (AvgIpc) is 3.03. The average molecular weight is 477 g/mol. The molecule has 2 heterocycles. The Morgan fingerprint density at radius 3 is 2.66 bits per heavy atom. The molecule has 3 rings (SSSR count). The molecule has 1 amide bonds. The Hall–Kier alpha value is -2.23. The van der Waals surface area contributed by atoms with Crippen LogP contribution >= 0.6 is 23.1 Å². The number of aryl methyl sites for hydroxylation is 2. The van der Waals surface area contributed by atoms with Crippen molar-refractivity contribution in [2.75, 3.05) is 27.2 Å². The summed E-state index contributed by atoms with van der Waals surface area (Å²) in [5, 5.41) is 0.280.